The molecule has 1 fully saturated rings. The smallest absolute Gasteiger partial charge is 0.211 e. The van der Waals surface area contributed by atoms with Crippen molar-refractivity contribution >= 4 is 17.9 Å². The minimum absolute atomic E-state index is 0.0312. The molecule has 0 aliphatic heterocycles. The van der Waals surface area contributed by atoms with Gasteiger partial charge in [0.1, 0.15) is 5.75 Å². The maximum Gasteiger partial charge on any atom is 0.211 e. The molecule has 0 unspecified atom stereocenters. The molecule has 4 heteroatoms. The molecule has 0 saturated heterocycles. The van der Waals surface area contributed by atoms with E-state index >= 15 is 0 Å². The third-order valence-corrected chi connectivity index (χ3v) is 4.50. The lowest BCUT2D eigenvalue weighted by atomic mass is 9.89. The van der Waals surface area contributed by atoms with Crippen molar-refractivity contribution < 1.29 is 14.7 Å². The number of amides is 1. The molecule has 0 radical (unpaired) electrons. The zero-order valence-electron chi connectivity index (χ0n) is 13.0. The summed E-state index contributed by atoms with van der Waals surface area (Å²) in [5.74, 6) is 0.256. The van der Waals surface area contributed by atoms with E-state index in [2.05, 4.69) is 5.32 Å². The van der Waals surface area contributed by atoms with Crippen molar-refractivity contribution in [2.75, 3.05) is 5.32 Å². The number of ketones is 1. The molecule has 1 aliphatic rings. The number of hydrogen-bond donors (Lipinski definition) is 2. The molecule has 4 nitrogen and oxygen atoms in total. The molecule has 0 spiro atoms. The number of phenolic OH excluding ortho intramolecular Hbond substituents is 1. The first-order valence-electron chi connectivity index (χ1n) is 8.27. The normalized spacial score (nSPS) is 17.1. The van der Waals surface area contributed by atoms with E-state index in [-0.39, 0.29) is 17.2 Å². The number of carbonyl (C=O) groups is 2. The van der Waals surface area contributed by atoms with Gasteiger partial charge in [0.05, 0.1) is 11.3 Å². The van der Waals surface area contributed by atoms with Gasteiger partial charge < -0.3 is 10.4 Å². The van der Waals surface area contributed by atoms with Gasteiger partial charge in [0.15, 0.2) is 5.78 Å². The molecular formula is C18H25NO3. The Morgan fingerprint density at radius 3 is 2.41 bits per heavy atom. The molecule has 1 aromatic carbocycles. The van der Waals surface area contributed by atoms with Crippen LogP contribution >= 0.6 is 0 Å². The van der Waals surface area contributed by atoms with Gasteiger partial charge in [-0.1, -0.05) is 57.4 Å². The molecule has 0 aromatic heterocycles. The second-order valence-corrected chi connectivity index (χ2v) is 6.16. The van der Waals surface area contributed by atoms with Crippen LogP contribution in [0.3, 0.4) is 0 Å². The SMILES string of the molecule is O=CNc1cccc(C(=O)CC2CCCCCCCC2)c1O. The average molecular weight is 303 g/mol. The monoisotopic (exact) mass is 303 g/mol. The van der Waals surface area contributed by atoms with Crippen LogP contribution in [-0.4, -0.2) is 17.3 Å². The summed E-state index contributed by atoms with van der Waals surface area (Å²) >= 11 is 0. The summed E-state index contributed by atoms with van der Waals surface area (Å²) in [7, 11) is 0. The Labute approximate surface area is 131 Å². The third-order valence-electron chi connectivity index (χ3n) is 4.50. The minimum Gasteiger partial charge on any atom is -0.505 e. The maximum absolute atomic E-state index is 12.5. The van der Waals surface area contributed by atoms with Crippen LogP contribution in [0.2, 0.25) is 0 Å². The maximum atomic E-state index is 12.5. The second kappa shape index (κ2) is 8.57. The highest BCUT2D eigenvalue weighted by atomic mass is 16.3. The molecule has 1 saturated carbocycles. The van der Waals surface area contributed by atoms with Crippen LogP contribution in [-0.2, 0) is 4.79 Å². The summed E-state index contributed by atoms with van der Waals surface area (Å²) < 4.78 is 0. The Balaban J connectivity index is 2.04. The van der Waals surface area contributed by atoms with Gasteiger partial charge in [0.25, 0.3) is 0 Å². The van der Waals surface area contributed by atoms with Gasteiger partial charge in [0, 0.05) is 6.42 Å². The molecule has 1 aromatic rings. The van der Waals surface area contributed by atoms with Gasteiger partial charge in [-0.3, -0.25) is 9.59 Å². The molecular weight excluding hydrogens is 278 g/mol. The van der Waals surface area contributed by atoms with E-state index < -0.39 is 0 Å². The lowest BCUT2D eigenvalue weighted by Crippen LogP contribution is -2.10. The molecule has 0 atom stereocenters. The number of hydrogen-bond acceptors (Lipinski definition) is 3. The van der Waals surface area contributed by atoms with Crippen LogP contribution < -0.4 is 5.32 Å². The van der Waals surface area contributed by atoms with Crippen molar-refractivity contribution in [2.24, 2.45) is 5.92 Å². The molecule has 2 rings (SSSR count). The summed E-state index contributed by atoms with van der Waals surface area (Å²) in [5.41, 5.74) is 0.599. The lowest BCUT2D eigenvalue weighted by Gasteiger charge is -2.16. The Morgan fingerprint density at radius 2 is 1.77 bits per heavy atom. The summed E-state index contributed by atoms with van der Waals surface area (Å²) in [6.45, 7) is 0. The fourth-order valence-electron chi connectivity index (χ4n) is 3.24. The molecule has 120 valence electrons. The second-order valence-electron chi connectivity index (χ2n) is 6.16. The van der Waals surface area contributed by atoms with E-state index in [0.29, 0.717) is 24.3 Å². The van der Waals surface area contributed by atoms with Crippen molar-refractivity contribution in [1.29, 1.82) is 0 Å². The third kappa shape index (κ3) is 4.58. The Hall–Kier alpha value is -1.84. The number of aromatic hydroxyl groups is 1. The van der Waals surface area contributed by atoms with E-state index in [9.17, 15) is 14.7 Å². The van der Waals surface area contributed by atoms with E-state index in [1.807, 2.05) is 0 Å². The van der Waals surface area contributed by atoms with E-state index in [4.69, 9.17) is 0 Å². The first kappa shape index (κ1) is 16.5. The lowest BCUT2D eigenvalue weighted by molar-refractivity contribution is -0.105. The summed E-state index contributed by atoms with van der Waals surface area (Å²) in [6.07, 6.45) is 10.7. The van der Waals surface area contributed by atoms with E-state index in [1.165, 1.54) is 38.5 Å². The highest BCUT2D eigenvalue weighted by Gasteiger charge is 2.19. The number of benzene rings is 1. The number of nitrogens with one attached hydrogen (secondary N) is 1. The number of para-hydroxylation sites is 1. The molecule has 1 amide bonds. The Kier molecular flexibility index (Phi) is 6.44. The number of anilines is 1. The van der Waals surface area contributed by atoms with Crippen LogP contribution in [0.4, 0.5) is 5.69 Å². The van der Waals surface area contributed by atoms with E-state index in [0.717, 1.165) is 12.8 Å². The fourth-order valence-corrected chi connectivity index (χ4v) is 3.24. The topological polar surface area (TPSA) is 66.4 Å². The molecule has 22 heavy (non-hydrogen) atoms. The molecule has 0 bridgehead atoms. The van der Waals surface area contributed by atoms with Crippen LogP contribution in [0, 0.1) is 5.92 Å². The Morgan fingerprint density at radius 1 is 1.14 bits per heavy atom. The number of Topliss-reactive ketones (excluding diaryl/α,β-unsaturated/α-hetero) is 1. The standard InChI is InChI=1S/C18H25NO3/c20-13-19-16-11-7-10-15(18(16)22)17(21)12-14-8-5-3-1-2-4-6-9-14/h7,10-11,13-14,22H,1-6,8-9,12H2,(H,19,20). The van der Waals surface area contributed by atoms with Gasteiger partial charge in [-0.25, -0.2) is 0 Å². The van der Waals surface area contributed by atoms with Crippen molar-refractivity contribution in [3.63, 3.8) is 0 Å². The molecule has 1 aliphatic carbocycles. The van der Waals surface area contributed by atoms with Gasteiger partial charge in [-0.05, 0) is 18.1 Å². The predicted octanol–water partition coefficient (Wildman–Crippen LogP) is 4.28. The fraction of sp³-hybridized carbons (Fsp3) is 0.556. The summed E-state index contributed by atoms with van der Waals surface area (Å²) in [6, 6.07) is 4.89. The van der Waals surface area contributed by atoms with Crippen LogP contribution in [0.1, 0.15) is 68.1 Å². The number of rotatable bonds is 5. The van der Waals surface area contributed by atoms with Gasteiger partial charge in [-0.15, -0.1) is 0 Å². The average Bonchev–Trinajstić information content (AvgIpc) is 2.63. The zero-order chi connectivity index (χ0) is 15.8. The summed E-state index contributed by atoms with van der Waals surface area (Å²) in [4.78, 5) is 23.0. The summed E-state index contributed by atoms with van der Waals surface area (Å²) in [5, 5.41) is 12.5. The van der Waals surface area contributed by atoms with Crippen LogP contribution in [0.5, 0.6) is 5.75 Å². The van der Waals surface area contributed by atoms with Crippen molar-refractivity contribution in [2.45, 2.75) is 57.8 Å². The largest absolute Gasteiger partial charge is 0.505 e. The minimum atomic E-state index is -0.123. The zero-order valence-corrected chi connectivity index (χ0v) is 13.0. The van der Waals surface area contributed by atoms with Crippen LogP contribution in [0.15, 0.2) is 18.2 Å². The van der Waals surface area contributed by atoms with Gasteiger partial charge >= 0.3 is 0 Å². The Bertz CT molecular complexity index is 503. The number of carbonyl (C=O) groups excluding carboxylic acids is 2. The predicted molar refractivity (Wildman–Crippen MR) is 87.2 cm³/mol. The van der Waals surface area contributed by atoms with Crippen molar-refractivity contribution in [3.8, 4) is 5.75 Å². The van der Waals surface area contributed by atoms with Gasteiger partial charge in [0.2, 0.25) is 6.41 Å². The van der Waals surface area contributed by atoms with Crippen molar-refractivity contribution in [1.82, 2.24) is 0 Å². The van der Waals surface area contributed by atoms with Gasteiger partial charge in [-0.2, -0.15) is 0 Å². The quantitative estimate of drug-likeness (QED) is 0.484. The first-order chi connectivity index (χ1) is 10.7. The highest BCUT2D eigenvalue weighted by molar-refractivity contribution is 6.01. The molecule has 0 heterocycles. The van der Waals surface area contributed by atoms with E-state index in [1.54, 1.807) is 18.2 Å². The van der Waals surface area contributed by atoms with Crippen molar-refractivity contribution in [3.05, 3.63) is 23.8 Å². The molecule has 2 N–H and O–H groups in total. The van der Waals surface area contributed by atoms with Crippen LogP contribution in [0.25, 0.3) is 0 Å². The number of phenols is 1. The first-order valence-corrected chi connectivity index (χ1v) is 8.27. The highest BCUT2D eigenvalue weighted by Crippen LogP contribution is 2.31.